The molecule has 0 unspecified atom stereocenters. The molecule has 2 atom stereocenters. The molecule has 2 rings (SSSR count). The predicted octanol–water partition coefficient (Wildman–Crippen LogP) is 1.95. The maximum atomic E-state index is 12.4. The molecule has 1 saturated heterocycles. The molecule has 1 fully saturated rings. The van der Waals surface area contributed by atoms with Crippen LogP contribution in [0.3, 0.4) is 0 Å². The molecule has 0 saturated carbocycles. The summed E-state index contributed by atoms with van der Waals surface area (Å²) in [5, 5.41) is 9.61. The Kier molecular flexibility index (Phi) is 3.85. The van der Waals surface area contributed by atoms with Crippen LogP contribution in [0.2, 0.25) is 5.02 Å². The zero-order chi connectivity index (χ0) is 14.2. The Balaban J connectivity index is 2.19. The lowest BCUT2D eigenvalue weighted by molar-refractivity contribution is -0.142. The molecule has 2 heterocycles. The number of carboxylic acids is 1. The topological polar surface area (TPSA) is 62.5 Å². The second-order valence-corrected chi connectivity index (χ2v) is 5.40. The number of aryl methyl sites for hydroxylation is 1. The van der Waals surface area contributed by atoms with Crippen LogP contribution in [0, 0.1) is 11.8 Å². The number of carbonyl (C=O) groups excluding carboxylic acids is 1. The van der Waals surface area contributed by atoms with Crippen LogP contribution in [0.15, 0.2) is 12.3 Å². The van der Waals surface area contributed by atoms with Gasteiger partial charge in [-0.1, -0.05) is 18.5 Å². The molecule has 1 aliphatic heterocycles. The van der Waals surface area contributed by atoms with E-state index in [2.05, 4.69) is 0 Å². The Hall–Kier alpha value is -1.49. The van der Waals surface area contributed by atoms with E-state index >= 15 is 0 Å². The maximum Gasteiger partial charge on any atom is 0.308 e. The summed E-state index contributed by atoms with van der Waals surface area (Å²) in [5.74, 6) is -1.50. The summed E-state index contributed by atoms with van der Waals surface area (Å²) < 4.78 is 1.78. The fourth-order valence-corrected chi connectivity index (χ4v) is 2.75. The van der Waals surface area contributed by atoms with Gasteiger partial charge in [0.15, 0.2) is 0 Å². The van der Waals surface area contributed by atoms with Crippen molar-refractivity contribution in [2.24, 2.45) is 11.8 Å². The number of aliphatic carboxylic acids is 1. The van der Waals surface area contributed by atoms with E-state index in [1.54, 1.807) is 21.7 Å². The van der Waals surface area contributed by atoms with Crippen LogP contribution >= 0.6 is 11.6 Å². The Morgan fingerprint density at radius 3 is 2.68 bits per heavy atom. The van der Waals surface area contributed by atoms with Crippen LogP contribution in [-0.2, 0) is 11.3 Å². The lowest BCUT2D eigenvalue weighted by Crippen LogP contribution is -2.31. The van der Waals surface area contributed by atoms with Gasteiger partial charge in [-0.2, -0.15) is 0 Å². The fraction of sp³-hybridized carbons (Fsp3) is 0.538. The Morgan fingerprint density at radius 2 is 2.16 bits per heavy atom. The van der Waals surface area contributed by atoms with Gasteiger partial charge >= 0.3 is 5.97 Å². The molecule has 0 radical (unpaired) electrons. The molecule has 0 aromatic carbocycles. The van der Waals surface area contributed by atoms with E-state index < -0.39 is 11.9 Å². The van der Waals surface area contributed by atoms with Gasteiger partial charge in [0.1, 0.15) is 5.69 Å². The van der Waals surface area contributed by atoms with E-state index in [0.717, 1.165) is 0 Å². The molecule has 0 aliphatic carbocycles. The number of carbonyl (C=O) groups is 2. The first-order valence-corrected chi connectivity index (χ1v) is 6.69. The van der Waals surface area contributed by atoms with E-state index in [9.17, 15) is 9.59 Å². The molecule has 0 spiro atoms. The summed E-state index contributed by atoms with van der Waals surface area (Å²) in [6.07, 6.45) is 1.71. The van der Waals surface area contributed by atoms with Gasteiger partial charge in [0.2, 0.25) is 0 Å². The van der Waals surface area contributed by atoms with E-state index in [1.807, 2.05) is 13.8 Å². The van der Waals surface area contributed by atoms with E-state index in [4.69, 9.17) is 16.7 Å². The SMILES string of the molecule is CCn1cc(Cl)cc1C(=O)N1C[C@@H](C)[C@H](C(=O)O)C1. The number of hydrogen-bond donors (Lipinski definition) is 1. The van der Waals surface area contributed by atoms with Crippen molar-refractivity contribution in [3.05, 3.63) is 23.0 Å². The summed E-state index contributed by atoms with van der Waals surface area (Å²) in [7, 11) is 0. The van der Waals surface area contributed by atoms with Gasteiger partial charge < -0.3 is 14.6 Å². The first-order chi connectivity index (χ1) is 8.93. The summed E-state index contributed by atoms with van der Waals surface area (Å²) in [6, 6.07) is 1.63. The smallest absolute Gasteiger partial charge is 0.308 e. The van der Waals surface area contributed by atoms with Crippen molar-refractivity contribution in [1.29, 1.82) is 0 Å². The second-order valence-electron chi connectivity index (χ2n) is 4.96. The number of likely N-dealkylation sites (tertiary alicyclic amines) is 1. The zero-order valence-corrected chi connectivity index (χ0v) is 11.7. The fourth-order valence-electron chi connectivity index (χ4n) is 2.53. The molecule has 1 aliphatic rings. The van der Waals surface area contributed by atoms with Crippen molar-refractivity contribution in [2.75, 3.05) is 13.1 Å². The summed E-state index contributed by atoms with van der Waals surface area (Å²) >= 11 is 5.92. The first kappa shape index (κ1) is 13.9. The minimum atomic E-state index is -0.841. The van der Waals surface area contributed by atoms with E-state index in [1.165, 1.54) is 0 Å². The van der Waals surface area contributed by atoms with Crippen molar-refractivity contribution < 1.29 is 14.7 Å². The standard InChI is InChI=1S/C13H17ClN2O3/c1-3-15-6-9(14)4-11(15)12(17)16-5-8(2)10(7-16)13(18)19/h4,6,8,10H,3,5,7H2,1-2H3,(H,18,19)/t8-,10-/m1/s1. The van der Waals surface area contributed by atoms with Crippen LogP contribution < -0.4 is 0 Å². The van der Waals surface area contributed by atoms with Gasteiger partial charge in [-0.25, -0.2) is 0 Å². The van der Waals surface area contributed by atoms with Crippen LogP contribution in [0.4, 0.5) is 0 Å². The Labute approximate surface area is 116 Å². The third-order valence-corrected chi connectivity index (χ3v) is 3.85. The summed E-state index contributed by atoms with van der Waals surface area (Å²) in [5.41, 5.74) is 0.519. The Bertz CT molecular complexity index is 512. The van der Waals surface area contributed by atoms with Gasteiger partial charge in [-0.05, 0) is 18.9 Å². The second kappa shape index (κ2) is 5.25. The van der Waals surface area contributed by atoms with Gasteiger partial charge in [-0.15, -0.1) is 0 Å². The lowest BCUT2D eigenvalue weighted by Gasteiger charge is -2.16. The maximum absolute atomic E-state index is 12.4. The number of hydrogen-bond acceptors (Lipinski definition) is 2. The van der Waals surface area contributed by atoms with Gasteiger partial charge in [0.25, 0.3) is 5.91 Å². The number of halogens is 1. The van der Waals surface area contributed by atoms with Crippen LogP contribution in [0.25, 0.3) is 0 Å². The van der Waals surface area contributed by atoms with E-state index in [0.29, 0.717) is 23.8 Å². The van der Waals surface area contributed by atoms with Crippen molar-refractivity contribution in [3.8, 4) is 0 Å². The minimum Gasteiger partial charge on any atom is -0.481 e. The van der Waals surface area contributed by atoms with Crippen LogP contribution in [0.5, 0.6) is 0 Å². The minimum absolute atomic E-state index is 0.0260. The van der Waals surface area contributed by atoms with Crippen LogP contribution in [-0.4, -0.2) is 39.5 Å². The lowest BCUT2D eigenvalue weighted by atomic mass is 9.99. The third kappa shape index (κ3) is 2.61. The number of amides is 1. The van der Waals surface area contributed by atoms with Crippen molar-refractivity contribution in [2.45, 2.75) is 20.4 Å². The quantitative estimate of drug-likeness (QED) is 0.923. The predicted molar refractivity (Wildman–Crippen MR) is 71.3 cm³/mol. The third-order valence-electron chi connectivity index (χ3n) is 3.64. The molecule has 1 N–H and O–H groups in total. The molecule has 1 aromatic rings. The normalized spacial score (nSPS) is 22.8. The average Bonchev–Trinajstić information content (AvgIpc) is 2.91. The highest BCUT2D eigenvalue weighted by molar-refractivity contribution is 6.31. The molecular formula is C13H17ClN2O3. The van der Waals surface area contributed by atoms with Gasteiger partial charge in [-0.3, -0.25) is 9.59 Å². The molecular weight excluding hydrogens is 268 g/mol. The highest BCUT2D eigenvalue weighted by Crippen LogP contribution is 2.25. The molecule has 19 heavy (non-hydrogen) atoms. The number of aromatic nitrogens is 1. The first-order valence-electron chi connectivity index (χ1n) is 6.31. The van der Waals surface area contributed by atoms with Crippen molar-refractivity contribution in [1.82, 2.24) is 9.47 Å². The monoisotopic (exact) mass is 284 g/mol. The molecule has 6 heteroatoms. The number of carboxylic acid groups (broad SMARTS) is 1. The molecule has 0 bridgehead atoms. The highest BCUT2D eigenvalue weighted by Gasteiger charge is 2.37. The molecule has 1 amide bonds. The highest BCUT2D eigenvalue weighted by atomic mass is 35.5. The van der Waals surface area contributed by atoms with Crippen molar-refractivity contribution in [3.63, 3.8) is 0 Å². The number of nitrogens with zero attached hydrogens (tertiary/aromatic N) is 2. The largest absolute Gasteiger partial charge is 0.481 e. The Morgan fingerprint density at radius 1 is 1.47 bits per heavy atom. The number of rotatable bonds is 3. The molecule has 1 aromatic heterocycles. The van der Waals surface area contributed by atoms with Crippen molar-refractivity contribution >= 4 is 23.5 Å². The summed E-state index contributed by atoms with van der Waals surface area (Å²) in [4.78, 5) is 25.1. The van der Waals surface area contributed by atoms with Crippen LogP contribution in [0.1, 0.15) is 24.3 Å². The molecule has 104 valence electrons. The van der Waals surface area contributed by atoms with Gasteiger partial charge in [0.05, 0.1) is 10.9 Å². The average molecular weight is 285 g/mol. The molecule has 5 nitrogen and oxygen atoms in total. The zero-order valence-electron chi connectivity index (χ0n) is 11.0. The summed E-state index contributed by atoms with van der Waals surface area (Å²) in [6.45, 7) is 5.18. The van der Waals surface area contributed by atoms with Gasteiger partial charge in [0, 0.05) is 25.8 Å². The van der Waals surface area contributed by atoms with E-state index in [-0.39, 0.29) is 18.4 Å².